The lowest BCUT2D eigenvalue weighted by molar-refractivity contribution is 0.0505. The fourth-order valence-electron chi connectivity index (χ4n) is 4.05. The van der Waals surface area contributed by atoms with Gasteiger partial charge in [-0.15, -0.1) is 0 Å². The molecule has 0 bridgehead atoms. The summed E-state index contributed by atoms with van der Waals surface area (Å²) < 4.78 is 22.6. The van der Waals surface area contributed by atoms with E-state index in [1.54, 1.807) is 14.2 Å². The molecule has 4 aromatic carbocycles. The Morgan fingerprint density at radius 3 is 1.52 bits per heavy atom. The van der Waals surface area contributed by atoms with Crippen molar-refractivity contribution in [2.75, 3.05) is 34.4 Å². The summed E-state index contributed by atoms with van der Waals surface area (Å²) >= 11 is 0. The molecule has 0 amide bonds. The van der Waals surface area contributed by atoms with Crippen molar-refractivity contribution in [2.45, 2.75) is 5.92 Å². The molecule has 0 spiro atoms. The summed E-state index contributed by atoms with van der Waals surface area (Å²) in [5, 5.41) is 4.25. The Hall–Kier alpha value is -3.12. The standard InChI is InChI=1S/C26H27NO4/c1-28-16-30-25-20-9-5-3-7-18(20)11-13-22(25)24(15-27)23-14-12-19-8-4-6-10-21(19)26(23)31-17-29-2/h3-14,24H,15-17,27H2,1-2H3. The highest BCUT2D eigenvalue weighted by molar-refractivity contribution is 5.92. The van der Waals surface area contributed by atoms with E-state index in [-0.39, 0.29) is 19.5 Å². The molecule has 4 rings (SSSR count). The van der Waals surface area contributed by atoms with E-state index in [1.807, 2.05) is 24.3 Å². The van der Waals surface area contributed by atoms with Crippen LogP contribution in [0.4, 0.5) is 0 Å². The van der Waals surface area contributed by atoms with Gasteiger partial charge >= 0.3 is 0 Å². The van der Waals surface area contributed by atoms with Crippen LogP contribution >= 0.6 is 0 Å². The lowest BCUT2D eigenvalue weighted by Crippen LogP contribution is -2.17. The summed E-state index contributed by atoms with van der Waals surface area (Å²) in [5.41, 5.74) is 8.34. The van der Waals surface area contributed by atoms with Gasteiger partial charge in [0.1, 0.15) is 11.5 Å². The van der Waals surface area contributed by atoms with Gasteiger partial charge in [0.05, 0.1) is 0 Å². The summed E-state index contributed by atoms with van der Waals surface area (Å²) in [5.74, 6) is 1.43. The third-order valence-corrected chi connectivity index (χ3v) is 5.45. The van der Waals surface area contributed by atoms with Gasteiger partial charge < -0.3 is 24.7 Å². The minimum absolute atomic E-state index is 0.132. The van der Waals surface area contributed by atoms with E-state index < -0.39 is 0 Å². The van der Waals surface area contributed by atoms with Crippen molar-refractivity contribution in [3.05, 3.63) is 83.9 Å². The number of benzene rings is 4. The van der Waals surface area contributed by atoms with Gasteiger partial charge in [-0.25, -0.2) is 0 Å². The number of methoxy groups -OCH3 is 2. The molecule has 0 heterocycles. The molecule has 0 aromatic heterocycles. The lowest BCUT2D eigenvalue weighted by Gasteiger charge is -2.24. The molecule has 0 saturated heterocycles. The van der Waals surface area contributed by atoms with E-state index >= 15 is 0 Å². The van der Waals surface area contributed by atoms with E-state index in [0.29, 0.717) is 6.54 Å². The second kappa shape index (κ2) is 9.79. The molecule has 4 aromatic rings. The molecule has 0 aliphatic carbocycles. The molecule has 31 heavy (non-hydrogen) atoms. The summed E-state index contributed by atoms with van der Waals surface area (Å²) in [7, 11) is 3.23. The van der Waals surface area contributed by atoms with Crippen LogP contribution in [0.2, 0.25) is 0 Å². The molecular weight excluding hydrogens is 390 g/mol. The molecule has 0 radical (unpaired) electrons. The van der Waals surface area contributed by atoms with Crippen molar-refractivity contribution in [2.24, 2.45) is 5.73 Å². The van der Waals surface area contributed by atoms with Crippen LogP contribution in [0.25, 0.3) is 21.5 Å². The topological polar surface area (TPSA) is 62.9 Å². The Morgan fingerprint density at radius 2 is 1.10 bits per heavy atom. The van der Waals surface area contributed by atoms with Crippen molar-refractivity contribution >= 4 is 21.5 Å². The largest absolute Gasteiger partial charge is 0.467 e. The number of nitrogens with two attached hydrogens (primary N) is 1. The van der Waals surface area contributed by atoms with Crippen molar-refractivity contribution in [1.82, 2.24) is 0 Å². The molecule has 5 heteroatoms. The van der Waals surface area contributed by atoms with Gasteiger partial charge in [0.25, 0.3) is 0 Å². The van der Waals surface area contributed by atoms with Crippen molar-refractivity contribution in [1.29, 1.82) is 0 Å². The number of hydrogen-bond acceptors (Lipinski definition) is 5. The van der Waals surface area contributed by atoms with Crippen LogP contribution in [-0.2, 0) is 9.47 Å². The number of rotatable bonds is 9. The molecule has 0 aliphatic rings. The first-order valence-corrected chi connectivity index (χ1v) is 10.2. The van der Waals surface area contributed by atoms with Gasteiger partial charge in [0.15, 0.2) is 13.6 Å². The van der Waals surface area contributed by atoms with Crippen molar-refractivity contribution in [3.8, 4) is 11.5 Å². The molecule has 0 unspecified atom stereocenters. The first kappa shape index (κ1) is 21.1. The van der Waals surface area contributed by atoms with Gasteiger partial charge in [-0.05, 0) is 10.8 Å². The zero-order valence-electron chi connectivity index (χ0n) is 17.8. The second-order valence-electron chi connectivity index (χ2n) is 7.30. The summed E-state index contributed by atoms with van der Waals surface area (Å²) in [6.45, 7) is 0.704. The Balaban J connectivity index is 1.91. The minimum atomic E-state index is -0.132. The normalized spacial score (nSPS) is 11.4. The predicted molar refractivity (Wildman–Crippen MR) is 124 cm³/mol. The first-order valence-electron chi connectivity index (χ1n) is 10.2. The molecule has 0 aliphatic heterocycles. The van der Waals surface area contributed by atoms with E-state index in [1.165, 1.54) is 0 Å². The van der Waals surface area contributed by atoms with Crippen LogP contribution in [0, 0.1) is 0 Å². The molecule has 0 saturated carbocycles. The van der Waals surface area contributed by atoms with E-state index in [0.717, 1.165) is 44.2 Å². The zero-order valence-corrected chi connectivity index (χ0v) is 17.8. The third-order valence-electron chi connectivity index (χ3n) is 5.45. The fourth-order valence-corrected chi connectivity index (χ4v) is 4.05. The van der Waals surface area contributed by atoms with Crippen LogP contribution in [0.5, 0.6) is 11.5 Å². The highest BCUT2D eigenvalue weighted by Gasteiger charge is 2.24. The average molecular weight is 418 g/mol. The van der Waals surface area contributed by atoms with Gasteiger partial charge in [0, 0.05) is 48.6 Å². The summed E-state index contributed by atoms with van der Waals surface area (Å²) in [6, 6.07) is 24.7. The van der Waals surface area contributed by atoms with E-state index in [2.05, 4.69) is 48.5 Å². The predicted octanol–water partition coefficient (Wildman–Crippen LogP) is 5.05. The van der Waals surface area contributed by atoms with Gasteiger partial charge in [-0.1, -0.05) is 72.8 Å². The second-order valence-corrected chi connectivity index (χ2v) is 7.30. The minimum Gasteiger partial charge on any atom is -0.467 e. The molecule has 2 N–H and O–H groups in total. The zero-order chi connectivity index (χ0) is 21.6. The molecule has 160 valence electrons. The molecule has 0 fully saturated rings. The highest BCUT2D eigenvalue weighted by atomic mass is 16.7. The first-order chi connectivity index (χ1) is 15.3. The monoisotopic (exact) mass is 417 g/mol. The molecular formula is C26H27NO4. The molecule has 0 atom stereocenters. The SMILES string of the molecule is COCOc1c(C(CN)c2ccc3ccccc3c2OCOC)ccc2ccccc12. The van der Waals surface area contributed by atoms with Gasteiger partial charge in [-0.2, -0.15) is 0 Å². The Labute approximate surface area is 182 Å². The summed E-state index contributed by atoms with van der Waals surface area (Å²) in [4.78, 5) is 0. The fraction of sp³-hybridized carbons (Fsp3) is 0.231. The average Bonchev–Trinajstić information content (AvgIpc) is 2.82. The Morgan fingerprint density at radius 1 is 0.645 bits per heavy atom. The van der Waals surface area contributed by atoms with E-state index in [9.17, 15) is 0 Å². The van der Waals surface area contributed by atoms with Crippen LogP contribution in [0.3, 0.4) is 0 Å². The maximum absolute atomic E-state index is 6.35. The Bertz CT molecular complexity index is 1080. The Kier molecular flexibility index (Phi) is 6.67. The lowest BCUT2D eigenvalue weighted by atomic mass is 9.87. The highest BCUT2D eigenvalue weighted by Crippen LogP contribution is 2.42. The van der Waals surface area contributed by atoms with Crippen LogP contribution < -0.4 is 15.2 Å². The van der Waals surface area contributed by atoms with Crippen LogP contribution in [0.15, 0.2) is 72.8 Å². The van der Waals surface area contributed by atoms with Crippen molar-refractivity contribution < 1.29 is 18.9 Å². The van der Waals surface area contributed by atoms with Crippen LogP contribution in [0.1, 0.15) is 17.0 Å². The maximum Gasteiger partial charge on any atom is 0.188 e. The maximum atomic E-state index is 6.35. The van der Waals surface area contributed by atoms with Crippen LogP contribution in [-0.4, -0.2) is 34.4 Å². The molecule has 5 nitrogen and oxygen atoms in total. The number of fused-ring (bicyclic) bond motifs is 2. The van der Waals surface area contributed by atoms with Crippen molar-refractivity contribution in [3.63, 3.8) is 0 Å². The summed E-state index contributed by atoms with van der Waals surface area (Å²) in [6.07, 6.45) is 0. The number of hydrogen-bond donors (Lipinski definition) is 1. The smallest absolute Gasteiger partial charge is 0.188 e. The van der Waals surface area contributed by atoms with Gasteiger partial charge in [0.2, 0.25) is 0 Å². The van der Waals surface area contributed by atoms with E-state index in [4.69, 9.17) is 24.7 Å². The quantitative estimate of drug-likeness (QED) is 0.386. The number of ether oxygens (including phenoxy) is 4. The third kappa shape index (κ3) is 4.21. The van der Waals surface area contributed by atoms with Gasteiger partial charge in [-0.3, -0.25) is 0 Å².